The normalized spacial score (nSPS) is 21.1. The third-order valence-electron chi connectivity index (χ3n) is 6.13. The molecule has 168 valence electrons. The van der Waals surface area contributed by atoms with Crippen molar-refractivity contribution in [3.05, 3.63) is 28.8 Å². The summed E-state index contributed by atoms with van der Waals surface area (Å²) in [5, 5.41) is 1.33. The fourth-order valence-corrected chi connectivity index (χ4v) is 7.53. The van der Waals surface area contributed by atoms with Crippen LogP contribution in [0.25, 0.3) is 10.1 Å². The first-order valence-electron chi connectivity index (χ1n) is 10.5. The Morgan fingerprint density at radius 2 is 1.94 bits per heavy atom. The predicted molar refractivity (Wildman–Crippen MR) is 122 cm³/mol. The van der Waals surface area contributed by atoms with Crippen molar-refractivity contribution >= 4 is 54.9 Å². The smallest absolute Gasteiger partial charge is 0.251 e. The number of carbonyl (C=O) groups is 2. The van der Waals surface area contributed by atoms with Crippen LogP contribution in [-0.2, 0) is 19.6 Å². The monoisotopic (exact) mass is 483 g/mol. The van der Waals surface area contributed by atoms with Gasteiger partial charge in [-0.25, -0.2) is 8.42 Å². The van der Waals surface area contributed by atoms with E-state index in [0.717, 1.165) is 53.8 Å². The first-order valence-corrected chi connectivity index (χ1v) is 13.2. The van der Waals surface area contributed by atoms with E-state index in [0.29, 0.717) is 23.6 Å². The van der Waals surface area contributed by atoms with E-state index in [9.17, 15) is 18.0 Å². The Balaban J connectivity index is 1.49. The number of hydrogen-bond acceptors (Lipinski definition) is 5. The number of nitrogens with zero attached hydrogens (tertiary/aromatic N) is 2. The minimum atomic E-state index is -3.89. The van der Waals surface area contributed by atoms with Crippen molar-refractivity contribution in [3.63, 3.8) is 0 Å². The molecule has 0 spiro atoms. The van der Waals surface area contributed by atoms with Gasteiger partial charge in [-0.2, -0.15) is 4.72 Å². The highest BCUT2D eigenvalue weighted by Crippen LogP contribution is 2.35. The molecule has 31 heavy (non-hydrogen) atoms. The summed E-state index contributed by atoms with van der Waals surface area (Å²) >= 11 is 7.22. The maximum atomic E-state index is 13.1. The topological polar surface area (TPSA) is 86.8 Å². The van der Waals surface area contributed by atoms with Crippen molar-refractivity contribution in [2.24, 2.45) is 0 Å². The number of sulfonamides is 1. The lowest BCUT2D eigenvalue weighted by Crippen LogP contribution is -2.51. The Labute approximate surface area is 191 Å². The molecule has 0 bridgehead atoms. The fraction of sp³-hybridized carbons (Fsp3) is 0.524. The molecule has 0 saturated carbocycles. The van der Waals surface area contributed by atoms with Crippen molar-refractivity contribution in [1.82, 2.24) is 14.5 Å². The van der Waals surface area contributed by atoms with Crippen molar-refractivity contribution in [2.45, 2.75) is 55.8 Å². The maximum absolute atomic E-state index is 13.1. The van der Waals surface area contributed by atoms with Crippen molar-refractivity contribution < 1.29 is 18.0 Å². The third-order valence-corrected chi connectivity index (χ3v) is 9.73. The molecule has 2 fully saturated rings. The second-order valence-corrected chi connectivity index (χ2v) is 11.6. The van der Waals surface area contributed by atoms with Crippen molar-refractivity contribution in [3.8, 4) is 0 Å². The third kappa shape index (κ3) is 4.33. The zero-order valence-electron chi connectivity index (χ0n) is 17.6. The van der Waals surface area contributed by atoms with Crippen LogP contribution in [0.5, 0.6) is 0 Å². The van der Waals surface area contributed by atoms with Gasteiger partial charge in [0.1, 0.15) is 16.3 Å². The molecule has 7 nitrogen and oxygen atoms in total. The van der Waals surface area contributed by atoms with Crippen LogP contribution >= 0.6 is 22.9 Å². The molecule has 2 atom stereocenters. The highest BCUT2D eigenvalue weighted by atomic mass is 35.5. The molecule has 3 heterocycles. The quantitative estimate of drug-likeness (QED) is 0.707. The Bertz CT molecular complexity index is 1130. The number of amides is 2. The van der Waals surface area contributed by atoms with Crippen LogP contribution in [0.3, 0.4) is 0 Å². The van der Waals surface area contributed by atoms with Crippen LogP contribution in [0.2, 0.25) is 5.02 Å². The number of rotatable bonds is 5. The molecule has 10 heteroatoms. The highest BCUT2D eigenvalue weighted by molar-refractivity contribution is 7.91. The number of halogens is 1. The summed E-state index contributed by atoms with van der Waals surface area (Å²) in [4.78, 5) is 29.1. The summed E-state index contributed by atoms with van der Waals surface area (Å²) in [6.07, 6.45) is 3.42. The number of piperidine rings is 1. The van der Waals surface area contributed by atoms with E-state index >= 15 is 0 Å². The van der Waals surface area contributed by atoms with Crippen LogP contribution in [0, 0.1) is 6.92 Å². The van der Waals surface area contributed by atoms with Gasteiger partial charge in [-0.15, -0.1) is 11.3 Å². The summed E-state index contributed by atoms with van der Waals surface area (Å²) in [6.45, 7) is 5.26. The molecule has 2 saturated heterocycles. The molecule has 0 aliphatic carbocycles. The SMILES string of the molecule is Cc1c(S(=O)(=O)NC2CCN([C@@H](C)C(=O)N3CCCCC3)C2=O)sc2ccc(Cl)cc12. The van der Waals surface area contributed by atoms with Gasteiger partial charge in [-0.3, -0.25) is 9.59 Å². The Morgan fingerprint density at radius 3 is 2.65 bits per heavy atom. The Morgan fingerprint density at radius 1 is 1.23 bits per heavy atom. The Hall–Kier alpha value is -1.68. The largest absolute Gasteiger partial charge is 0.341 e. The molecular weight excluding hydrogens is 458 g/mol. The summed E-state index contributed by atoms with van der Waals surface area (Å²) in [6, 6.07) is 3.81. The lowest BCUT2D eigenvalue weighted by atomic mass is 10.1. The average molecular weight is 484 g/mol. The number of aryl methyl sites for hydroxylation is 1. The molecule has 2 aliphatic rings. The molecule has 1 aromatic heterocycles. The first kappa shape index (κ1) is 22.5. The minimum Gasteiger partial charge on any atom is -0.341 e. The summed E-state index contributed by atoms with van der Waals surface area (Å²) < 4.78 is 29.8. The fourth-order valence-electron chi connectivity index (χ4n) is 4.38. The van der Waals surface area contributed by atoms with E-state index in [4.69, 9.17) is 11.6 Å². The van der Waals surface area contributed by atoms with Gasteiger partial charge in [-0.1, -0.05) is 11.6 Å². The maximum Gasteiger partial charge on any atom is 0.251 e. The zero-order valence-corrected chi connectivity index (χ0v) is 19.9. The lowest BCUT2D eigenvalue weighted by molar-refractivity contribution is -0.143. The zero-order chi connectivity index (χ0) is 22.3. The first-order chi connectivity index (χ1) is 14.7. The Kier molecular flexibility index (Phi) is 6.31. The summed E-state index contributed by atoms with van der Waals surface area (Å²) in [7, 11) is -3.89. The van der Waals surface area contributed by atoms with E-state index in [1.807, 2.05) is 4.90 Å². The molecule has 0 radical (unpaired) electrons. The van der Waals surface area contributed by atoms with Crippen LogP contribution in [0.1, 0.15) is 38.2 Å². The van der Waals surface area contributed by atoms with E-state index in [1.54, 1.807) is 32.0 Å². The van der Waals surface area contributed by atoms with Crippen LogP contribution in [-0.4, -0.2) is 61.7 Å². The molecular formula is C21H26ClN3O4S2. The number of nitrogens with one attached hydrogen (secondary N) is 1. The van der Waals surface area contributed by atoms with Crippen LogP contribution in [0.15, 0.2) is 22.4 Å². The van der Waals surface area contributed by atoms with Gasteiger partial charge < -0.3 is 9.80 Å². The number of likely N-dealkylation sites (tertiary alicyclic amines) is 2. The van der Waals surface area contributed by atoms with Crippen LogP contribution < -0.4 is 4.72 Å². The van der Waals surface area contributed by atoms with Gasteiger partial charge >= 0.3 is 0 Å². The molecule has 2 aliphatic heterocycles. The summed E-state index contributed by atoms with van der Waals surface area (Å²) in [5.74, 6) is -0.406. The number of benzene rings is 1. The lowest BCUT2D eigenvalue weighted by Gasteiger charge is -2.32. The molecule has 2 aromatic rings. The molecule has 1 N–H and O–H groups in total. The number of hydrogen-bond donors (Lipinski definition) is 1. The minimum absolute atomic E-state index is 0.0613. The highest BCUT2D eigenvalue weighted by Gasteiger charge is 2.40. The number of carbonyl (C=O) groups excluding carboxylic acids is 2. The molecule has 1 unspecified atom stereocenters. The number of fused-ring (bicyclic) bond motifs is 1. The van der Waals surface area contributed by atoms with Gasteiger partial charge in [0.15, 0.2) is 0 Å². The van der Waals surface area contributed by atoms with Crippen molar-refractivity contribution in [1.29, 1.82) is 0 Å². The second kappa shape index (κ2) is 8.69. The van der Waals surface area contributed by atoms with E-state index in [1.165, 1.54) is 4.90 Å². The van der Waals surface area contributed by atoms with Crippen molar-refractivity contribution in [2.75, 3.05) is 19.6 Å². The van der Waals surface area contributed by atoms with Gasteiger partial charge in [0, 0.05) is 29.4 Å². The van der Waals surface area contributed by atoms with Gasteiger partial charge in [0.25, 0.3) is 10.0 Å². The van der Waals surface area contributed by atoms with Crippen LogP contribution in [0.4, 0.5) is 0 Å². The molecule has 1 aromatic carbocycles. The molecule has 2 amide bonds. The second-order valence-electron chi connectivity index (χ2n) is 8.21. The average Bonchev–Trinajstić information content (AvgIpc) is 3.27. The standard InChI is InChI=1S/C21H26ClN3O4S2/c1-13-16-12-15(22)6-7-18(16)30-21(13)31(28,29)23-17-8-11-25(20(17)27)14(2)19(26)24-9-4-3-5-10-24/h6-7,12,14,17,23H,3-5,8-11H2,1-2H3/t14-,17?/m0/s1. The van der Waals surface area contributed by atoms with Gasteiger partial charge in [-0.05, 0) is 68.7 Å². The van der Waals surface area contributed by atoms with E-state index in [-0.39, 0.29) is 16.0 Å². The van der Waals surface area contributed by atoms with E-state index < -0.39 is 22.1 Å². The van der Waals surface area contributed by atoms with Gasteiger partial charge in [0.05, 0.1) is 0 Å². The van der Waals surface area contributed by atoms with Gasteiger partial charge in [0.2, 0.25) is 11.8 Å². The summed E-state index contributed by atoms with van der Waals surface area (Å²) in [5.41, 5.74) is 0.617. The van der Waals surface area contributed by atoms with E-state index in [2.05, 4.69) is 4.72 Å². The number of thiophene rings is 1. The molecule has 4 rings (SSSR count). The predicted octanol–water partition coefficient (Wildman–Crippen LogP) is 3.14.